The molecule has 72 valence electrons. The molecule has 2 aromatic carbocycles. The van der Waals surface area contributed by atoms with Crippen LogP contribution >= 0.6 is 0 Å². The number of aliphatic imine (C=N–C) groups is 1. The Kier molecular flexibility index (Phi) is 1.78. The zero-order valence-electron chi connectivity index (χ0n) is 8.05. The number of hydrogen-bond donors (Lipinski definition) is 0. The Labute approximate surface area is 87.5 Å². The highest BCUT2D eigenvalue weighted by molar-refractivity contribution is 5.95. The van der Waals surface area contributed by atoms with Gasteiger partial charge < -0.3 is 4.74 Å². The molecule has 0 amide bonds. The molecule has 0 aromatic heterocycles. The van der Waals surface area contributed by atoms with Gasteiger partial charge >= 0.3 is 0 Å². The van der Waals surface area contributed by atoms with E-state index in [1.807, 2.05) is 24.3 Å². The number of ether oxygens (including phenoxy) is 1. The van der Waals surface area contributed by atoms with E-state index in [1.165, 1.54) is 17.2 Å². The highest BCUT2D eigenvalue weighted by atomic mass is 16.5. The number of hydrogen-bond acceptors (Lipinski definition) is 2. The first kappa shape index (κ1) is 8.24. The summed E-state index contributed by atoms with van der Waals surface area (Å²) in [6, 6.07) is 12.3. The van der Waals surface area contributed by atoms with Crippen LogP contribution in [0.2, 0.25) is 0 Å². The summed E-state index contributed by atoms with van der Waals surface area (Å²) in [6.07, 6.45) is 5.06. The first-order valence-electron chi connectivity index (χ1n) is 4.81. The summed E-state index contributed by atoms with van der Waals surface area (Å²) >= 11 is 0. The minimum absolute atomic E-state index is 0.947. The number of fused-ring (bicyclic) bond motifs is 3. The zero-order chi connectivity index (χ0) is 10.1. The van der Waals surface area contributed by atoms with Crippen LogP contribution in [-0.4, -0.2) is 6.40 Å². The van der Waals surface area contributed by atoms with Crippen molar-refractivity contribution in [3.63, 3.8) is 0 Å². The second kappa shape index (κ2) is 3.24. The second-order valence-corrected chi connectivity index (χ2v) is 3.39. The minimum atomic E-state index is 0.947. The van der Waals surface area contributed by atoms with Crippen LogP contribution in [0.25, 0.3) is 16.8 Å². The standard InChI is InChI=1S/C13H9NO/c1-2-4-11-10(3-1)5-6-13-12(11)7-8-15-9-14-13/h1-9H. The molecule has 0 spiro atoms. The van der Waals surface area contributed by atoms with Crippen molar-refractivity contribution < 1.29 is 4.74 Å². The third-order valence-corrected chi connectivity index (χ3v) is 2.51. The Morgan fingerprint density at radius 3 is 2.93 bits per heavy atom. The third-order valence-electron chi connectivity index (χ3n) is 2.51. The highest BCUT2D eigenvalue weighted by Crippen LogP contribution is 2.30. The van der Waals surface area contributed by atoms with Gasteiger partial charge in [-0.1, -0.05) is 30.3 Å². The van der Waals surface area contributed by atoms with Gasteiger partial charge in [-0.25, -0.2) is 4.99 Å². The molecule has 1 heterocycles. The van der Waals surface area contributed by atoms with Gasteiger partial charge in [0.1, 0.15) is 0 Å². The quantitative estimate of drug-likeness (QED) is 0.630. The summed E-state index contributed by atoms with van der Waals surface area (Å²) in [5.74, 6) is 0. The van der Waals surface area contributed by atoms with E-state index >= 15 is 0 Å². The fourth-order valence-corrected chi connectivity index (χ4v) is 1.80. The second-order valence-electron chi connectivity index (χ2n) is 3.39. The lowest BCUT2D eigenvalue weighted by atomic mass is 10.0. The minimum Gasteiger partial charge on any atom is -0.453 e. The van der Waals surface area contributed by atoms with Crippen molar-refractivity contribution in [2.75, 3.05) is 0 Å². The number of rotatable bonds is 0. The molecule has 0 fully saturated rings. The summed E-state index contributed by atoms with van der Waals surface area (Å²) in [6.45, 7) is 0. The molecule has 0 aliphatic carbocycles. The van der Waals surface area contributed by atoms with E-state index in [0.29, 0.717) is 0 Å². The Morgan fingerprint density at radius 2 is 1.93 bits per heavy atom. The number of benzene rings is 2. The molecular weight excluding hydrogens is 186 g/mol. The summed E-state index contributed by atoms with van der Waals surface area (Å²) in [7, 11) is 0. The van der Waals surface area contributed by atoms with Crippen LogP contribution in [0, 0.1) is 0 Å². The molecule has 0 radical (unpaired) electrons. The van der Waals surface area contributed by atoms with Crippen LogP contribution < -0.4 is 0 Å². The fourth-order valence-electron chi connectivity index (χ4n) is 1.80. The Morgan fingerprint density at radius 1 is 1.00 bits per heavy atom. The van der Waals surface area contributed by atoms with E-state index in [0.717, 1.165) is 11.3 Å². The maximum Gasteiger partial charge on any atom is 0.180 e. The Hall–Kier alpha value is -2.09. The van der Waals surface area contributed by atoms with Gasteiger partial charge in [0.2, 0.25) is 0 Å². The maximum absolute atomic E-state index is 5.05. The molecule has 0 bridgehead atoms. The predicted molar refractivity (Wildman–Crippen MR) is 62.2 cm³/mol. The van der Waals surface area contributed by atoms with Crippen LogP contribution in [0.5, 0.6) is 0 Å². The Bertz CT molecular complexity index is 570. The van der Waals surface area contributed by atoms with Gasteiger partial charge in [-0.15, -0.1) is 0 Å². The molecule has 1 aliphatic rings. The highest BCUT2D eigenvalue weighted by Gasteiger charge is 2.05. The van der Waals surface area contributed by atoms with Gasteiger partial charge in [0.05, 0.1) is 11.9 Å². The van der Waals surface area contributed by atoms with Crippen molar-refractivity contribution in [3.8, 4) is 0 Å². The normalized spacial score (nSPS) is 13.3. The van der Waals surface area contributed by atoms with Crippen molar-refractivity contribution in [1.82, 2.24) is 0 Å². The molecule has 0 saturated heterocycles. The van der Waals surface area contributed by atoms with Gasteiger partial charge in [0, 0.05) is 5.56 Å². The molecular formula is C13H9NO. The van der Waals surface area contributed by atoms with Crippen molar-refractivity contribution in [1.29, 1.82) is 0 Å². The number of nitrogens with zero attached hydrogens (tertiary/aromatic N) is 1. The lowest BCUT2D eigenvalue weighted by Gasteiger charge is -2.04. The summed E-state index contributed by atoms with van der Waals surface area (Å²) < 4.78 is 5.05. The predicted octanol–water partition coefficient (Wildman–Crippen LogP) is 3.50. The van der Waals surface area contributed by atoms with Gasteiger partial charge in [-0.05, 0) is 22.9 Å². The molecule has 0 N–H and O–H groups in total. The molecule has 15 heavy (non-hydrogen) atoms. The average Bonchev–Trinajstić information content (AvgIpc) is 2.54. The molecule has 2 aromatic rings. The first-order chi connectivity index (χ1) is 7.45. The third kappa shape index (κ3) is 1.31. The first-order valence-corrected chi connectivity index (χ1v) is 4.81. The summed E-state index contributed by atoms with van der Waals surface area (Å²) in [5.41, 5.74) is 2.06. The van der Waals surface area contributed by atoms with Gasteiger partial charge in [0.25, 0.3) is 0 Å². The van der Waals surface area contributed by atoms with E-state index < -0.39 is 0 Å². The van der Waals surface area contributed by atoms with Crippen molar-refractivity contribution >= 4 is 28.9 Å². The van der Waals surface area contributed by atoms with Crippen LogP contribution in [0.15, 0.2) is 47.7 Å². The topological polar surface area (TPSA) is 21.6 Å². The largest absolute Gasteiger partial charge is 0.453 e. The van der Waals surface area contributed by atoms with E-state index in [9.17, 15) is 0 Å². The van der Waals surface area contributed by atoms with E-state index in [1.54, 1.807) is 6.26 Å². The van der Waals surface area contributed by atoms with E-state index in [2.05, 4.69) is 23.2 Å². The van der Waals surface area contributed by atoms with Gasteiger partial charge in [-0.2, -0.15) is 0 Å². The smallest absolute Gasteiger partial charge is 0.180 e. The van der Waals surface area contributed by atoms with Crippen LogP contribution in [0.4, 0.5) is 5.69 Å². The summed E-state index contributed by atoms with van der Waals surface area (Å²) in [5, 5.41) is 2.42. The van der Waals surface area contributed by atoms with Crippen molar-refractivity contribution in [2.24, 2.45) is 4.99 Å². The maximum atomic E-state index is 5.05. The molecule has 1 aliphatic heterocycles. The monoisotopic (exact) mass is 195 g/mol. The lowest BCUT2D eigenvalue weighted by molar-refractivity contribution is 0.500. The SMILES string of the molecule is C1=Cc2c(ccc3ccccc23)N=CO1. The molecule has 0 unspecified atom stereocenters. The van der Waals surface area contributed by atoms with Crippen LogP contribution in [0.3, 0.4) is 0 Å². The Balaban J connectivity index is 2.42. The van der Waals surface area contributed by atoms with Crippen molar-refractivity contribution in [2.45, 2.75) is 0 Å². The molecule has 0 saturated carbocycles. The fraction of sp³-hybridized carbons (Fsp3) is 0. The summed E-state index contributed by atoms with van der Waals surface area (Å²) in [4.78, 5) is 4.23. The van der Waals surface area contributed by atoms with Crippen LogP contribution in [-0.2, 0) is 4.74 Å². The molecule has 3 rings (SSSR count). The molecule has 2 heteroatoms. The van der Waals surface area contributed by atoms with Gasteiger partial charge in [0.15, 0.2) is 6.40 Å². The van der Waals surface area contributed by atoms with Crippen LogP contribution in [0.1, 0.15) is 5.56 Å². The van der Waals surface area contributed by atoms with Crippen molar-refractivity contribution in [3.05, 3.63) is 48.2 Å². The average molecular weight is 195 g/mol. The van der Waals surface area contributed by atoms with Gasteiger partial charge in [-0.3, -0.25) is 0 Å². The molecule has 0 atom stereocenters. The lowest BCUT2D eigenvalue weighted by Crippen LogP contribution is -1.78. The van der Waals surface area contributed by atoms with E-state index in [4.69, 9.17) is 4.74 Å². The zero-order valence-corrected chi connectivity index (χ0v) is 8.05. The molecule has 2 nitrogen and oxygen atoms in total. The van der Waals surface area contributed by atoms with E-state index in [-0.39, 0.29) is 0 Å².